The molecule has 2 aromatic rings. The van der Waals surface area contributed by atoms with Crippen LogP contribution in [0.4, 0.5) is 4.79 Å². The maximum absolute atomic E-state index is 12.4. The molecular formula is C27H32N2O5. The third kappa shape index (κ3) is 5.58. The number of hydrogen-bond donors (Lipinski definition) is 3. The Balaban J connectivity index is 1.22. The van der Waals surface area contributed by atoms with Gasteiger partial charge in [0, 0.05) is 24.4 Å². The Morgan fingerprint density at radius 3 is 2.32 bits per heavy atom. The van der Waals surface area contributed by atoms with Crippen LogP contribution in [-0.2, 0) is 14.3 Å². The lowest BCUT2D eigenvalue weighted by molar-refractivity contribution is -0.138. The van der Waals surface area contributed by atoms with Gasteiger partial charge in [0.25, 0.3) is 0 Å². The Hall–Kier alpha value is -3.35. The average molecular weight is 465 g/mol. The average Bonchev–Trinajstić information content (AvgIpc) is 3.37. The van der Waals surface area contributed by atoms with E-state index in [9.17, 15) is 14.4 Å². The third-order valence-electron chi connectivity index (χ3n) is 6.95. The topological polar surface area (TPSA) is 105 Å². The van der Waals surface area contributed by atoms with Crippen molar-refractivity contribution in [1.29, 1.82) is 0 Å². The summed E-state index contributed by atoms with van der Waals surface area (Å²) in [5, 5.41) is 14.8. The molecular weight excluding hydrogens is 432 g/mol. The fourth-order valence-electron chi connectivity index (χ4n) is 5.24. The number of ether oxygens (including phenoxy) is 1. The van der Waals surface area contributed by atoms with Crippen molar-refractivity contribution >= 4 is 18.0 Å². The van der Waals surface area contributed by atoms with E-state index in [4.69, 9.17) is 9.84 Å². The Morgan fingerprint density at radius 1 is 1.03 bits per heavy atom. The maximum Gasteiger partial charge on any atom is 0.407 e. The van der Waals surface area contributed by atoms with Crippen LogP contribution in [0.5, 0.6) is 0 Å². The molecule has 3 atom stereocenters. The molecule has 0 saturated heterocycles. The molecule has 1 fully saturated rings. The summed E-state index contributed by atoms with van der Waals surface area (Å²) >= 11 is 0. The summed E-state index contributed by atoms with van der Waals surface area (Å²) in [4.78, 5) is 35.8. The van der Waals surface area contributed by atoms with Gasteiger partial charge in [-0.1, -0.05) is 55.0 Å². The van der Waals surface area contributed by atoms with E-state index in [1.807, 2.05) is 31.2 Å². The van der Waals surface area contributed by atoms with Gasteiger partial charge in [0.05, 0.1) is 6.42 Å². The number of hydrogen-bond acceptors (Lipinski definition) is 4. The first-order valence-corrected chi connectivity index (χ1v) is 12.0. The van der Waals surface area contributed by atoms with Gasteiger partial charge in [-0.2, -0.15) is 0 Å². The van der Waals surface area contributed by atoms with Crippen molar-refractivity contribution in [2.24, 2.45) is 5.92 Å². The van der Waals surface area contributed by atoms with Gasteiger partial charge in [0.2, 0.25) is 5.91 Å². The summed E-state index contributed by atoms with van der Waals surface area (Å²) in [5.74, 6) is -0.933. The number of carbonyl (C=O) groups is 3. The number of nitrogens with one attached hydrogen (secondary N) is 2. The second kappa shape index (κ2) is 10.7. The Morgan fingerprint density at radius 2 is 1.68 bits per heavy atom. The minimum absolute atomic E-state index is 0.00201. The molecule has 2 amide bonds. The van der Waals surface area contributed by atoms with Crippen LogP contribution >= 0.6 is 0 Å². The van der Waals surface area contributed by atoms with Crippen molar-refractivity contribution in [3.8, 4) is 11.1 Å². The van der Waals surface area contributed by atoms with Crippen molar-refractivity contribution in [2.75, 3.05) is 6.61 Å². The van der Waals surface area contributed by atoms with Crippen LogP contribution in [0.1, 0.15) is 62.5 Å². The van der Waals surface area contributed by atoms with E-state index in [0.29, 0.717) is 6.42 Å². The lowest BCUT2D eigenvalue weighted by atomic mass is 9.98. The van der Waals surface area contributed by atoms with Gasteiger partial charge in [-0.3, -0.25) is 9.59 Å². The number of amides is 2. The summed E-state index contributed by atoms with van der Waals surface area (Å²) in [6.07, 6.45) is 2.92. The quantitative estimate of drug-likeness (QED) is 0.508. The van der Waals surface area contributed by atoms with E-state index in [0.717, 1.165) is 30.4 Å². The van der Waals surface area contributed by atoms with Crippen molar-refractivity contribution < 1.29 is 24.2 Å². The summed E-state index contributed by atoms with van der Waals surface area (Å²) in [6.45, 7) is 2.09. The number of carboxylic acids is 1. The van der Waals surface area contributed by atoms with Gasteiger partial charge in [0.1, 0.15) is 6.61 Å². The largest absolute Gasteiger partial charge is 0.481 e. The van der Waals surface area contributed by atoms with E-state index in [1.54, 1.807) is 0 Å². The molecule has 0 heterocycles. The lowest BCUT2D eigenvalue weighted by Gasteiger charge is -2.20. The molecule has 0 bridgehead atoms. The highest BCUT2D eigenvalue weighted by atomic mass is 16.5. The first kappa shape index (κ1) is 23.8. The standard InChI is InChI=1S/C27H32N2O5/c1-17(13-14-25(30)29-24-12-6-7-18(24)15-26(31)32)28-27(33)34-16-23-21-10-4-2-8-19(21)20-9-3-5-11-22(20)23/h2-5,8-11,17-18,23-24H,6-7,12-16H2,1H3,(H,28,33)(H,29,30)(H,31,32). The van der Waals surface area contributed by atoms with Crippen LogP contribution in [0.25, 0.3) is 11.1 Å². The highest BCUT2D eigenvalue weighted by Crippen LogP contribution is 2.44. The smallest absolute Gasteiger partial charge is 0.407 e. The van der Waals surface area contributed by atoms with Gasteiger partial charge < -0.3 is 20.5 Å². The maximum atomic E-state index is 12.4. The zero-order valence-corrected chi connectivity index (χ0v) is 19.5. The van der Waals surface area contributed by atoms with Crippen LogP contribution < -0.4 is 10.6 Å². The molecule has 7 nitrogen and oxygen atoms in total. The number of rotatable bonds is 9. The minimum Gasteiger partial charge on any atom is -0.481 e. The summed E-state index contributed by atoms with van der Waals surface area (Å²) in [5.41, 5.74) is 4.68. The van der Waals surface area contributed by atoms with Gasteiger partial charge >= 0.3 is 12.1 Å². The predicted octanol–water partition coefficient (Wildman–Crippen LogP) is 4.45. The second-order valence-electron chi connectivity index (χ2n) is 9.37. The predicted molar refractivity (Wildman–Crippen MR) is 128 cm³/mol. The van der Waals surface area contributed by atoms with E-state index in [1.165, 1.54) is 11.1 Å². The Kier molecular flexibility index (Phi) is 7.50. The van der Waals surface area contributed by atoms with Crippen molar-refractivity contribution in [2.45, 2.75) is 63.5 Å². The molecule has 3 N–H and O–H groups in total. The van der Waals surface area contributed by atoms with Crippen LogP contribution in [-0.4, -0.2) is 41.8 Å². The summed E-state index contributed by atoms with van der Waals surface area (Å²) < 4.78 is 5.57. The van der Waals surface area contributed by atoms with Gasteiger partial charge in [0.15, 0.2) is 0 Å². The van der Waals surface area contributed by atoms with E-state index < -0.39 is 12.1 Å². The molecule has 180 valence electrons. The van der Waals surface area contributed by atoms with Crippen LogP contribution in [0.3, 0.4) is 0 Å². The number of carbonyl (C=O) groups excluding carboxylic acids is 2. The summed E-state index contributed by atoms with van der Waals surface area (Å²) in [6, 6.07) is 16.1. The third-order valence-corrected chi connectivity index (χ3v) is 6.95. The molecule has 0 radical (unpaired) electrons. The monoisotopic (exact) mass is 464 g/mol. The number of benzene rings is 2. The molecule has 0 aliphatic heterocycles. The molecule has 2 aliphatic rings. The van der Waals surface area contributed by atoms with Gasteiger partial charge in [-0.15, -0.1) is 0 Å². The van der Waals surface area contributed by atoms with E-state index in [-0.39, 0.29) is 49.3 Å². The second-order valence-corrected chi connectivity index (χ2v) is 9.37. The fourth-order valence-corrected chi connectivity index (χ4v) is 5.24. The molecule has 34 heavy (non-hydrogen) atoms. The fraction of sp³-hybridized carbons (Fsp3) is 0.444. The van der Waals surface area contributed by atoms with Crippen LogP contribution in [0.15, 0.2) is 48.5 Å². The van der Waals surface area contributed by atoms with Crippen molar-refractivity contribution in [3.05, 3.63) is 59.7 Å². The van der Waals surface area contributed by atoms with Gasteiger partial charge in [-0.05, 0) is 54.4 Å². The Bertz CT molecular complexity index is 1010. The molecule has 0 spiro atoms. The molecule has 2 aromatic carbocycles. The SMILES string of the molecule is CC(CCC(=O)NC1CCCC1CC(=O)O)NC(=O)OCC1c2ccccc2-c2ccccc21. The lowest BCUT2D eigenvalue weighted by Crippen LogP contribution is -2.39. The van der Waals surface area contributed by atoms with E-state index >= 15 is 0 Å². The molecule has 4 rings (SSSR count). The molecule has 0 aromatic heterocycles. The first-order valence-electron chi connectivity index (χ1n) is 12.0. The first-order chi connectivity index (χ1) is 16.4. The number of aliphatic carboxylic acids is 1. The number of carboxylic acid groups (broad SMARTS) is 1. The molecule has 2 aliphatic carbocycles. The number of alkyl carbamates (subject to hydrolysis) is 1. The normalized spacial score (nSPS) is 19.7. The minimum atomic E-state index is -0.827. The van der Waals surface area contributed by atoms with E-state index in [2.05, 4.69) is 34.9 Å². The molecule has 7 heteroatoms. The van der Waals surface area contributed by atoms with Crippen LogP contribution in [0, 0.1) is 5.92 Å². The molecule has 3 unspecified atom stereocenters. The highest BCUT2D eigenvalue weighted by molar-refractivity contribution is 5.79. The van der Waals surface area contributed by atoms with Crippen molar-refractivity contribution in [1.82, 2.24) is 10.6 Å². The van der Waals surface area contributed by atoms with Gasteiger partial charge in [-0.25, -0.2) is 4.79 Å². The zero-order chi connectivity index (χ0) is 24.1. The number of fused-ring (bicyclic) bond motifs is 3. The van der Waals surface area contributed by atoms with Crippen LogP contribution in [0.2, 0.25) is 0 Å². The summed E-state index contributed by atoms with van der Waals surface area (Å²) in [7, 11) is 0. The Labute approximate surface area is 199 Å². The highest BCUT2D eigenvalue weighted by Gasteiger charge is 2.31. The molecule has 1 saturated carbocycles. The van der Waals surface area contributed by atoms with Crippen molar-refractivity contribution in [3.63, 3.8) is 0 Å². The zero-order valence-electron chi connectivity index (χ0n) is 19.5.